The summed E-state index contributed by atoms with van der Waals surface area (Å²) in [5, 5.41) is 9.54. The summed E-state index contributed by atoms with van der Waals surface area (Å²) < 4.78 is 14.9. The molecule has 5 nitrogen and oxygen atoms in total. The van der Waals surface area contributed by atoms with Gasteiger partial charge in [-0.1, -0.05) is 22.0 Å². The molecule has 4 atom stereocenters. The van der Waals surface area contributed by atoms with Gasteiger partial charge in [-0.2, -0.15) is 0 Å². The molecule has 2 amide bonds. The van der Waals surface area contributed by atoms with E-state index in [1.54, 1.807) is 12.1 Å². The van der Waals surface area contributed by atoms with Gasteiger partial charge in [0.15, 0.2) is 0 Å². The maximum Gasteiger partial charge on any atom is 0.224 e. The number of benzene rings is 1. The fourth-order valence-electron chi connectivity index (χ4n) is 6.59. The third-order valence-corrected chi connectivity index (χ3v) is 8.60. The maximum atomic E-state index is 14.2. The number of hydrogen-bond donors (Lipinski definition) is 3. The zero-order valence-electron chi connectivity index (χ0n) is 17.1. The van der Waals surface area contributed by atoms with Crippen LogP contribution in [-0.4, -0.2) is 30.9 Å². The molecule has 0 radical (unpaired) electrons. The second-order valence-corrected chi connectivity index (χ2v) is 10.5. The maximum absolute atomic E-state index is 14.2. The Labute approximate surface area is 185 Å². The second-order valence-electron chi connectivity index (χ2n) is 9.56. The first-order chi connectivity index (χ1) is 14.5. The molecular formula is C23H29BrFN3O2. The Morgan fingerprint density at radius 1 is 1.07 bits per heavy atom. The van der Waals surface area contributed by atoms with Gasteiger partial charge in [0.2, 0.25) is 11.8 Å². The van der Waals surface area contributed by atoms with Gasteiger partial charge in [-0.15, -0.1) is 0 Å². The molecule has 1 heterocycles. The van der Waals surface area contributed by atoms with Gasteiger partial charge in [0.05, 0.1) is 11.8 Å². The summed E-state index contributed by atoms with van der Waals surface area (Å²) >= 11 is 3.26. The van der Waals surface area contributed by atoms with Gasteiger partial charge in [0, 0.05) is 22.6 Å². The van der Waals surface area contributed by atoms with Crippen molar-refractivity contribution in [3.8, 4) is 0 Å². The van der Waals surface area contributed by atoms with Crippen molar-refractivity contribution >= 4 is 27.7 Å². The summed E-state index contributed by atoms with van der Waals surface area (Å²) in [5.41, 5.74) is 0.674. The van der Waals surface area contributed by atoms with E-state index in [0.717, 1.165) is 51.6 Å². The number of nitrogens with one attached hydrogen (secondary N) is 3. The van der Waals surface area contributed by atoms with Crippen LogP contribution in [0.2, 0.25) is 0 Å². The lowest BCUT2D eigenvalue weighted by molar-refractivity contribution is -0.137. The van der Waals surface area contributed by atoms with Crippen molar-refractivity contribution in [2.24, 2.45) is 29.1 Å². The summed E-state index contributed by atoms with van der Waals surface area (Å²) in [6.07, 6.45) is 6.26. The van der Waals surface area contributed by atoms with Crippen LogP contribution in [0.1, 0.15) is 44.1 Å². The molecule has 1 aromatic rings. The minimum atomic E-state index is -0.337. The molecule has 3 saturated carbocycles. The number of hydrogen-bond acceptors (Lipinski definition) is 3. The van der Waals surface area contributed by atoms with Crippen LogP contribution in [0.4, 0.5) is 4.39 Å². The molecular weight excluding hydrogens is 449 g/mol. The molecule has 30 heavy (non-hydrogen) atoms. The minimum Gasteiger partial charge on any atom is -0.353 e. The number of rotatable bonds is 5. The summed E-state index contributed by atoms with van der Waals surface area (Å²) in [4.78, 5) is 26.6. The Balaban J connectivity index is 1.31. The Bertz CT molecular complexity index is 853. The van der Waals surface area contributed by atoms with Gasteiger partial charge in [-0.3, -0.25) is 9.59 Å². The zero-order chi connectivity index (χ0) is 20.9. The number of piperidine rings is 1. The fourth-order valence-corrected chi connectivity index (χ4v) is 6.92. The SMILES string of the molecule is O=C(NC1CCNCC1)[C@H]1[C@H](C(=O)NCc2ccc(Br)cc2F)[C@@H]2CC[C@H]1C21CC1. The summed E-state index contributed by atoms with van der Waals surface area (Å²) in [6, 6.07) is 5.07. The monoisotopic (exact) mass is 477 g/mol. The van der Waals surface area contributed by atoms with Crippen LogP contribution in [0.5, 0.6) is 0 Å². The predicted octanol–water partition coefficient (Wildman–Crippen LogP) is 3.13. The normalized spacial score (nSPS) is 31.7. The van der Waals surface area contributed by atoms with Crippen LogP contribution in [0, 0.1) is 34.9 Å². The molecule has 0 aromatic heterocycles. The molecule has 1 saturated heterocycles. The Morgan fingerprint density at radius 3 is 2.37 bits per heavy atom. The molecule has 5 rings (SSSR count). The van der Waals surface area contributed by atoms with E-state index in [4.69, 9.17) is 0 Å². The molecule has 4 aliphatic rings. The molecule has 0 unspecified atom stereocenters. The van der Waals surface area contributed by atoms with Crippen LogP contribution >= 0.6 is 15.9 Å². The van der Waals surface area contributed by atoms with E-state index in [1.165, 1.54) is 6.07 Å². The third-order valence-electron chi connectivity index (χ3n) is 8.11. The summed E-state index contributed by atoms with van der Waals surface area (Å²) in [6.45, 7) is 2.00. The van der Waals surface area contributed by atoms with Crippen molar-refractivity contribution < 1.29 is 14.0 Å². The van der Waals surface area contributed by atoms with Gasteiger partial charge in [0.1, 0.15) is 5.82 Å². The van der Waals surface area contributed by atoms with Crippen molar-refractivity contribution in [2.75, 3.05) is 13.1 Å². The van der Waals surface area contributed by atoms with Crippen LogP contribution in [0.3, 0.4) is 0 Å². The Morgan fingerprint density at radius 2 is 1.73 bits per heavy atom. The Kier molecular flexibility index (Phi) is 5.38. The van der Waals surface area contributed by atoms with Gasteiger partial charge in [0.25, 0.3) is 0 Å². The lowest BCUT2D eigenvalue weighted by Gasteiger charge is -2.32. The van der Waals surface area contributed by atoms with Crippen LogP contribution in [0.25, 0.3) is 0 Å². The molecule has 3 N–H and O–H groups in total. The molecule has 1 aliphatic heterocycles. The van der Waals surface area contributed by atoms with Gasteiger partial charge in [-0.25, -0.2) is 4.39 Å². The lowest BCUT2D eigenvalue weighted by Crippen LogP contribution is -2.49. The van der Waals surface area contributed by atoms with Crippen LogP contribution in [-0.2, 0) is 16.1 Å². The molecule has 1 aromatic carbocycles. The van der Waals surface area contributed by atoms with E-state index in [0.29, 0.717) is 21.9 Å². The first-order valence-corrected chi connectivity index (χ1v) is 12.0. The first kappa shape index (κ1) is 20.4. The number of carbonyl (C=O) groups is 2. The Hall–Kier alpha value is -1.47. The highest BCUT2D eigenvalue weighted by atomic mass is 79.9. The average molecular weight is 478 g/mol. The van der Waals surface area contributed by atoms with E-state index in [-0.39, 0.29) is 47.5 Å². The average Bonchev–Trinajstić information content (AvgIpc) is 3.40. The first-order valence-electron chi connectivity index (χ1n) is 11.2. The van der Waals surface area contributed by atoms with Crippen molar-refractivity contribution in [2.45, 2.75) is 51.1 Å². The van der Waals surface area contributed by atoms with E-state index in [1.807, 2.05) is 0 Å². The van der Waals surface area contributed by atoms with E-state index in [2.05, 4.69) is 31.9 Å². The lowest BCUT2D eigenvalue weighted by atomic mass is 9.78. The van der Waals surface area contributed by atoms with Crippen molar-refractivity contribution in [1.82, 2.24) is 16.0 Å². The highest BCUT2D eigenvalue weighted by Gasteiger charge is 2.71. The molecule has 3 aliphatic carbocycles. The summed E-state index contributed by atoms with van der Waals surface area (Å²) in [5.74, 6) is -0.263. The van der Waals surface area contributed by atoms with Crippen LogP contribution < -0.4 is 16.0 Å². The van der Waals surface area contributed by atoms with Gasteiger partial charge >= 0.3 is 0 Å². The van der Waals surface area contributed by atoms with Gasteiger partial charge < -0.3 is 16.0 Å². The highest BCUT2D eigenvalue weighted by molar-refractivity contribution is 9.10. The van der Waals surface area contributed by atoms with Crippen molar-refractivity contribution in [3.05, 3.63) is 34.1 Å². The van der Waals surface area contributed by atoms with Gasteiger partial charge in [-0.05, 0) is 81.0 Å². The smallest absolute Gasteiger partial charge is 0.224 e. The minimum absolute atomic E-state index is 0.0651. The molecule has 4 fully saturated rings. The molecule has 2 bridgehead atoms. The third kappa shape index (κ3) is 3.48. The van der Waals surface area contributed by atoms with E-state index in [9.17, 15) is 14.0 Å². The molecule has 1 spiro atoms. The number of halogens is 2. The van der Waals surface area contributed by atoms with E-state index < -0.39 is 0 Å². The van der Waals surface area contributed by atoms with Crippen LogP contribution in [0.15, 0.2) is 22.7 Å². The predicted molar refractivity (Wildman–Crippen MR) is 115 cm³/mol. The summed E-state index contributed by atoms with van der Waals surface area (Å²) in [7, 11) is 0. The standard InChI is InChI=1S/C23H29BrFN3O2/c24-14-2-1-13(18(25)11-14)12-27-21(29)19-16-3-4-17(23(16)7-8-23)20(19)22(30)28-15-5-9-26-10-6-15/h1-2,11,15-17,19-20,26H,3-10,12H2,(H,27,29)(H,28,30)/t16-,17+,19+,20+/m0/s1. The molecule has 7 heteroatoms. The quantitative estimate of drug-likeness (QED) is 0.609. The largest absolute Gasteiger partial charge is 0.353 e. The zero-order valence-corrected chi connectivity index (χ0v) is 18.6. The number of amides is 2. The highest BCUT2D eigenvalue weighted by Crippen LogP contribution is 2.74. The second kappa shape index (κ2) is 7.90. The molecule has 162 valence electrons. The van der Waals surface area contributed by atoms with Crippen molar-refractivity contribution in [1.29, 1.82) is 0 Å². The van der Waals surface area contributed by atoms with Crippen molar-refractivity contribution in [3.63, 3.8) is 0 Å². The number of carbonyl (C=O) groups excluding carboxylic acids is 2. The fraction of sp³-hybridized carbons (Fsp3) is 0.652. The van der Waals surface area contributed by atoms with E-state index >= 15 is 0 Å². The topological polar surface area (TPSA) is 70.2 Å².